The molecule has 4 heteroatoms. The fourth-order valence-electron chi connectivity index (χ4n) is 1.23. The van der Waals surface area contributed by atoms with Crippen molar-refractivity contribution in [3.63, 3.8) is 0 Å². The second kappa shape index (κ2) is 6.40. The van der Waals surface area contributed by atoms with Gasteiger partial charge in [0, 0.05) is 20.3 Å². The summed E-state index contributed by atoms with van der Waals surface area (Å²) < 4.78 is 9.96. The maximum absolute atomic E-state index is 10.7. The van der Waals surface area contributed by atoms with Crippen LogP contribution >= 0.6 is 0 Å². The number of ether oxygens (including phenoxy) is 2. The molecular formula is C10H18O4. The standard InChI is InChI=1S/C10H18O4/c1-5-10(14-9(4)12)6-7(2)13-8(3)11/h7,10H,5-6H2,1-4H3. The fourth-order valence-corrected chi connectivity index (χ4v) is 1.23. The molecule has 0 aliphatic heterocycles. The van der Waals surface area contributed by atoms with Crippen molar-refractivity contribution in [1.29, 1.82) is 0 Å². The van der Waals surface area contributed by atoms with Gasteiger partial charge in [-0.2, -0.15) is 0 Å². The molecule has 0 spiro atoms. The zero-order valence-corrected chi connectivity index (χ0v) is 9.20. The van der Waals surface area contributed by atoms with Gasteiger partial charge in [0.05, 0.1) is 0 Å². The van der Waals surface area contributed by atoms with Crippen molar-refractivity contribution in [2.75, 3.05) is 0 Å². The average molecular weight is 202 g/mol. The largest absolute Gasteiger partial charge is 0.463 e. The minimum atomic E-state index is -0.310. The van der Waals surface area contributed by atoms with Crippen molar-refractivity contribution < 1.29 is 19.1 Å². The average Bonchev–Trinajstić information content (AvgIpc) is 2.00. The number of rotatable bonds is 5. The molecule has 0 aromatic rings. The van der Waals surface area contributed by atoms with Crippen LogP contribution < -0.4 is 0 Å². The smallest absolute Gasteiger partial charge is 0.302 e. The second-order valence-electron chi connectivity index (χ2n) is 3.30. The third-order valence-electron chi connectivity index (χ3n) is 1.75. The first-order valence-electron chi connectivity index (χ1n) is 4.80. The molecule has 0 saturated heterocycles. The summed E-state index contributed by atoms with van der Waals surface area (Å²) in [6, 6.07) is 0. The third kappa shape index (κ3) is 6.46. The van der Waals surface area contributed by atoms with E-state index in [1.807, 2.05) is 6.92 Å². The van der Waals surface area contributed by atoms with Crippen molar-refractivity contribution >= 4 is 11.9 Å². The van der Waals surface area contributed by atoms with Crippen LogP contribution in [0.3, 0.4) is 0 Å². The Morgan fingerprint density at radius 3 is 2.00 bits per heavy atom. The Bertz CT molecular complexity index is 200. The SMILES string of the molecule is CCC(CC(C)OC(C)=O)OC(C)=O. The van der Waals surface area contributed by atoms with Gasteiger partial charge in [-0.15, -0.1) is 0 Å². The van der Waals surface area contributed by atoms with Gasteiger partial charge >= 0.3 is 11.9 Å². The molecule has 0 aliphatic rings. The maximum atomic E-state index is 10.7. The van der Waals surface area contributed by atoms with E-state index >= 15 is 0 Å². The maximum Gasteiger partial charge on any atom is 0.302 e. The Morgan fingerprint density at radius 1 is 1.14 bits per heavy atom. The molecule has 0 N–H and O–H groups in total. The van der Waals surface area contributed by atoms with Crippen molar-refractivity contribution in [1.82, 2.24) is 0 Å². The van der Waals surface area contributed by atoms with Gasteiger partial charge in [0.15, 0.2) is 0 Å². The van der Waals surface area contributed by atoms with E-state index in [0.29, 0.717) is 6.42 Å². The molecule has 4 nitrogen and oxygen atoms in total. The Kier molecular flexibility index (Phi) is 5.92. The van der Waals surface area contributed by atoms with Crippen molar-refractivity contribution in [3.8, 4) is 0 Å². The molecule has 0 rings (SSSR count). The van der Waals surface area contributed by atoms with Gasteiger partial charge in [-0.3, -0.25) is 9.59 Å². The first kappa shape index (κ1) is 12.9. The van der Waals surface area contributed by atoms with E-state index in [9.17, 15) is 9.59 Å². The van der Waals surface area contributed by atoms with E-state index in [1.54, 1.807) is 6.92 Å². The molecule has 0 radical (unpaired) electrons. The van der Waals surface area contributed by atoms with Crippen molar-refractivity contribution in [2.45, 2.75) is 52.7 Å². The summed E-state index contributed by atoms with van der Waals surface area (Å²) in [5.41, 5.74) is 0. The highest BCUT2D eigenvalue weighted by atomic mass is 16.6. The topological polar surface area (TPSA) is 52.6 Å². The predicted octanol–water partition coefficient (Wildman–Crippen LogP) is 1.67. The molecule has 0 saturated carbocycles. The van der Waals surface area contributed by atoms with Crippen LogP contribution in [-0.2, 0) is 19.1 Å². The Labute approximate surface area is 84.6 Å². The number of hydrogen-bond donors (Lipinski definition) is 0. The molecule has 2 atom stereocenters. The highest BCUT2D eigenvalue weighted by Gasteiger charge is 2.15. The lowest BCUT2D eigenvalue weighted by molar-refractivity contribution is -0.151. The molecule has 0 bridgehead atoms. The van der Waals surface area contributed by atoms with Gasteiger partial charge in [-0.05, 0) is 13.3 Å². The van der Waals surface area contributed by atoms with Crippen LogP contribution in [0.1, 0.15) is 40.5 Å². The van der Waals surface area contributed by atoms with Crippen LogP contribution in [0.2, 0.25) is 0 Å². The van der Waals surface area contributed by atoms with E-state index in [0.717, 1.165) is 6.42 Å². The fraction of sp³-hybridized carbons (Fsp3) is 0.800. The Hall–Kier alpha value is -1.06. The summed E-state index contributed by atoms with van der Waals surface area (Å²) >= 11 is 0. The van der Waals surface area contributed by atoms with Gasteiger partial charge in [-0.25, -0.2) is 0 Å². The molecule has 2 unspecified atom stereocenters. The van der Waals surface area contributed by atoms with Crippen molar-refractivity contribution in [3.05, 3.63) is 0 Å². The zero-order chi connectivity index (χ0) is 11.1. The highest BCUT2D eigenvalue weighted by Crippen LogP contribution is 2.09. The quantitative estimate of drug-likeness (QED) is 0.636. The van der Waals surface area contributed by atoms with Crippen LogP contribution in [0.25, 0.3) is 0 Å². The molecule has 0 aromatic carbocycles. The summed E-state index contributed by atoms with van der Waals surface area (Å²) in [6.07, 6.45) is 0.902. The lowest BCUT2D eigenvalue weighted by Crippen LogP contribution is -2.23. The van der Waals surface area contributed by atoms with Gasteiger partial charge < -0.3 is 9.47 Å². The second-order valence-corrected chi connectivity index (χ2v) is 3.30. The lowest BCUT2D eigenvalue weighted by atomic mass is 10.1. The Balaban J connectivity index is 3.91. The minimum absolute atomic E-state index is 0.165. The predicted molar refractivity (Wildman–Crippen MR) is 51.7 cm³/mol. The normalized spacial score (nSPS) is 14.3. The first-order valence-corrected chi connectivity index (χ1v) is 4.80. The lowest BCUT2D eigenvalue weighted by Gasteiger charge is -2.19. The summed E-state index contributed by atoms with van der Waals surface area (Å²) in [4.78, 5) is 21.3. The molecule has 14 heavy (non-hydrogen) atoms. The van der Waals surface area contributed by atoms with E-state index < -0.39 is 0 Å². The molecular weight excluding hydrogens is 184 g/mol. The summed E-state index contributed by atoms with van der Waals surface area (Å²) in [6.45, 7) is 6.45. The molecule has 0 fully saturated rings. The first-order chi connectivity index (χ1) is 6.45. The van der Waals surface area contributed by atoms with E-state index in [-0.39, 0.29) is 24.1 Å². The van der Waals surface area contributed by atoms with Gasteiger partial charge in [0.25, 0.3) is 0 Å². The van der Waals surface area contributed by atoms with Crippen LogP contribution in [0.5, 0.6) is 0 Å². The summed E-state index contributed by atoms with van der Waals surface area (Å²) in [7, 11) is 0. The Morgan fingerprint density at radius 2 is 1.64 bits per heavy atom. The number of esters is 2. The molecule has 82 valence electrons. The zero-order valence-electron chi connectivity index (χ0n) is 9.20. The molecule has 0 heterocycles. The molecule has 0 amide bonds. The van der Waals surface area contributed by atoms with Gasteiger partial charge in [0.2, 0.25) is 0 Å². The van der Waals surface area contributed by atoms with Gasteiger partial charge in [-0.1, -0.05) is 6.92 Å². The van der Waals surface area contributed by atoms with Crippen LogP contribution in [0, 0.1) is 0 Å². The highest BCUT2D eigenvalue weighted by molar-refractivity contribution is 5.66. The van der Waals surface area contributed by atoms with Crippen LogP contribution in [0.4, 0.5) is 0 Å². The molecule has 0 aromatic heterocycles. The summed E-state index contributed by atoms with van der Waals surface area (Å²) in [5, 5.41) is 0. The van der Waals surface area contributed by atoms with Crippen LogP contribution in [-0.4, -0.2) is 24.1 Å². The van der Waals surface area contributed by atoms with Crippen LogP contribution in [0.15, 0.2) is 0 Å². The number of carbonyl (C=O) groups excluding carboxylic acids is 2. The van der Waals surface area contributed by atoms with Crippen molar-refractivity contribution in [2.24, 2.45) is 0 Å². The summed E-state index contributed by atoms with van der Waals surface area (Å²) in [5.74, 6) is -0.609. The number of hydrogen-bond acceptors (Lipinski definition) is 4. The monoisotopic (exact) mass is 202 g/mol. The van der Waals surface area contributed by atoms with E-state index in [1.165, 1.54) is 13.8 Å². The minimum Gasteiger partial charge on any atom is -0.463 e. The molecule has 0 aliphatic carbocycles. The number of carbonyl (C=O) groups is 2. The third-order valence-corrected chi connectivity index (χ3v) is 1.75. The van der Waals surface area contributed by atoms with Gasteiger partial charge in [0.1, 0.15) is 12.2 Å². The van der Waals surface area contributed by atoms with E-state index in [4.69, 9.17) is 9.47 Å². The van der Waals surface area contributed by atoms with E-state index in [2.05, 4.69) is 0 Å².